The molecule has 1 rings (SSSR count). The monoisotopic (exact) mass is 302 g/mol. The van der Waals surface area contributed by atoms with Crippen LogP contribution in [0.3, 0.4) is 0 Å². The second kappa shape index (κ2) is 8.25. The Balaban J connectivity index is 2.18. The number of thiazole rings is 1. The molecule has 1 atom stereocenters. The minimum atomic E-state index is -0.142. The zero-order valence-corrected chi connectivity index (χ0v) is 14.0. The van der Waals surface area contributed by atoms with E-state index in [-0.39, 0.29) is 12.1 Å². The largest absolute Gasteiger partial charge is 0.394 e. The van der Waals surface area contributed by atoms with Gasteiger partial charge in [-0.05, 0) is 26.7 Å². The molecular formula is C14H26N2OS2. The Morgan fingerprint density at radius 2 is 2.21 bits per heavy atom. The van der Waals surface area contributed by atoms with E-state index < -0.39 is 0 Å². The number of rotatable bonds is 9. The van der Waals surface area contributed by atoms with Crippen molar-refractivity contribution in [2.45, 2.75) is 62.9 Å². The lowest BCUT2D eigenvalue weighted by Crippen LogP contribution is -2.49. The molecule has 1 unspecified atom stereocenters. The van der Waals surface area contributed by atoms with E-state index in [1.807, 2.05) is 18.7 Å². The van der Waals surface area contributed by atoms with E-state index in [2.05, 4.69) is 36.5 Å². The molecule has 1 aromatic heterocycles. The van der Waals surface area contributed by atoms with Gasteiger partial charge in [0.1, 0.15) is 4.34 Å². The van der Waals surface area contributed by atoms with Crippen LogP contribution in [0.1, 0.15) is 45.7 Å². The van der Waals surface area contributed by atoms with Crippen LogP contribution >= 0.6 is 23.1 Å². The fourth-order valence-electron chi connectivity index (χ4n) is 2.07. The van der Waals surface area contributed by atoms with Crippen molar-refractivity contribution in [1.82, 2.24) is 10.3 Å². The van der Waals surface area contributed by atoms with Gasteiger partial charge in [-0.1, -0.05) is 32.0 Å². The van der Waals surface area contributed by atoms with Crippen molar-refractivity contribution in [1.29, 1.82) is 0 Å². The molecule has 0 saturated heterocycles. The van der Waals surface area contributed by atoms with Crippen molar-refractivity contribution in [3.05, 3.63) is 11.1 Å². The molecule has 0 radical (unpaired) electrons. The maximum absolute atomic E-state index is 9.50. The summed E-state index contributed by atoms with van der Waals surface area (Å²) in [6.07, 6.45) is 3.31. The molecular weight excluding hydrogens is 276 g/mol. The normalized spacial score (nSPS) is 14.8. The Morgan fingerprint density at radius 3 is 2.74 bits per heavy atom. The molecule has 3 nitrogen and oxygen atoms in total. The molecule has 5 heteroatoms. The summed E-state index contributed by atoms with van der Waals surface area (Å²) in [6, 6.07) is 0.407. The molecule has 0 bridgehead atoms. The molecule has 0 aromatic carbocycles. The second-order valence-corrected chi connectivity index (χ2v) is 7.78. The van der Waals surface area contributed by atoms with Crippen molar-refractivity contribution in [2.24, 2.45) is 0 Å². The van der Waals surface area contributed by atoms with Crippen LogP contribution in [0.4, 0.5) is 0 Å². The summed E-state index contributed by atoms with van der Waals surface area (Å²) in [4.78, 5) is 4.44. The molecule has 0 saturated carbocycles. The van der Waals surface area contributed by atoms with Gasteiger partial charge >= 0.3 is 0 Å². The molecule has 0 aliphatic rings. The quantitative estimate of drug-likeness (QED) is 0.541. The predicted molar refractivity (Wildman–Crippen MR) is 85.2 cm³/mol. The molecule has 1 aromatic rings. The third-order valence-corrected chi connectivity index (χ3v) is 5.16. The molecule has 19 heavy (non-hydrogen) atoms. The first kappa shape index (κ1) is 17.0. The lowest BCUT2D eigenvalue weighted by atomic mass is 9.95. The van der Waals surface area contributed by atoms with Gasteiger partial charge in [-0.3, -0.25) is 0 Å². The fraction of sp³-hybridized carbons (Fsp3) is 0.786. The molecule has 0 aliphatic carbocycles. The molecule has 0 amide bonds. The summed E-state index contributed by atoms with van der Waals surface area (Å²) in [5, 5.41) is 15.0. The molecule has 0 fully saturated rings. The van der Waals surface area contributed by atoms with Gasteiger partial charge in [0.25, 0.3) is 0 Å². The zero-order chi connectivity index (χ0) is 14.3. The maximum Gasteiger partial charge on any atom is 0.150 e. The Bertz CT molecular complexity index is 368. The lowest BCUT2D eigenvalue weighted by Gasteiger charge is -2.31. The third-order valence-electron chi connectivity index (χ3n) is 2.93. The van der Waals surface area contributed by atoms with E-state index in [9.17, 15) is 5.11 Å². The number of aryl methyl sites for hydroxylation is 1. The van der Waals surface area contributed by atoms with E-state index in [0.717, 1.165) is 24.3 Å². The van der Waals surface area contributed by atoms with Crippen molar-refractivity contribution < 1.29 is 5.11 Å². The van der Waals surface area contributed by atoms with Gasteiger partial charge < -0.3 is 10.4 Å². The maximum atomic E-state index is 9.50. The Morgan fingerprint density at radius 1 is 1.47 bits per heavy atom. The highest BCUT2D eigenvalue weighted by atomic mass is 32.2. The van der Waals surface area contributed by atoms with Gasteiger partial charge in [0, 0.05) is 28.4 Å². The van der Waals surface area contributed by atoms with Crippen LogP contribution < -0.4 is 5.32 Å². The zero-order valence-electron chi connectivity index (χ0n) is 12.4. The highest BCUT2D eigenvalue weighted by Gasteiger charge is 2.22. The van der Waals surface area contributed by atoms with Crippen LogP contribution in [0.5, 0.6) is 0 Å². The average Bonchev–Trinajstić information content (AvgIpc) is 2.74. The summed E-state index contributed by atoms with van der Waals surface area (Å²) in [5.41, 5.74) is 0.970. The van der Waals surface area contributed by atoms with Crippen molar-refractivity contribution in [2.75, 3.05) is 12.4 Å². The number of hydrogen-bond donors (Lipinski definition) is 2. The first-order valence-electron chi connectivity index (χ1n) is 6.89. The highest BCUT2D eigenvalue weighted by Crippen LogP contribution is 2.24. The lowest BCUT2D eigenvalue weighted by molar-refractivity contribution is 0.154. The number of hydrogen-bond acceptors (Lipinski definition) is 5. The summed E-state index contributed by atoms with van der Waals surface area (Å²) >= 11 is 3.56. The third kappa shape index (κ3) is 6.75. The molecule has 110 valence electrons. The standard InChI is InChI=1S/C14H26N2OS2/c1-11(2)16-14(4,10-17)7-5-6-8-18-13-15-12(3)9-19-13/h9,11,16-17H,5-8,10H2,1-4H3. The molecule has 0 aliphatic heterocycles. The van der Waals surface area contributed by atoms with Crippen LogP contribution in [0.25, 0.3) is 0 Å². The smallest absolute Gasteiger partial charge is 0.150 e. The molecule has 1 heterocycles. The van der Waals surface area contributed by atoms with Gasteiger partial charge in [-0.25, -0.2) is 4.98 Å². The van der Waals surface area contributed by atoms with Crippen molar-refractivity contribution in [3.63, 3.8) is 0 Å². The van der Waals surface area contributed by atoms with E-state index in [0.29, 0.717) is 6.04 Å². The number of aromatic nitrogens is 1. The van der Waals surface area contributed by atoms with E-state index in [4.69, 9.17) is 0 Å². The molecule has 0 spiro atoms. The van der Waals surface area contributed by atoms with Gasteiger partial charge in [-0.2, -0.15) is 0 Å². The summed E-state index contributed by atoms with van der Waals surface area (Å²) < 4.78 is 1.17. The van der Waals surface area contributed by atoms with E-state index in [1.54, 1.807) is 11.3 Å². The summed E-state index contributed by atoms with van der Waals surface area (Å²) in [7, 11) is 0. The Hall–Kier alpha value is -0.100. The number of thioether (sulfide) groups is 1. The van der Waals surface area contributed by atoms with E-state index in [1.165, 1.54) is 10.8 Å². The summed E-state index contributed by atoms with van der Waals surface area (Å²) in [6.45, 7) is 8.57. The second-order valence-electron chi connectivity index (χ2n) is 5.58. The van der Waals surface area contributed by atoms with Crippen molar-refractivity contribution >= 4 is 23.1 Å². The Kier molecular flexibility index (Phi) is 7.36. The van der Waals surface area contributed by atoms with Gasteiger partial charge in [-0.15, -0.1) is 11.3 Å². The number of aliphatic hydroxyl groups excluding tert-OH is 1. The average molecular weight is 303 g/mol. The highest BCUT2D eigenvalue weighted by molar-refractivity contribution is 8.00. The number of nitrogens with zero attached hydrogens (tertiary/aromatic N) is 1. The minimum absolute atomic E-state index is 0.142. The molecule has 2 N–H and O–H groups in total. The topological polar surface area (TPSA) is 45.1 Å². The summed E-state index contributed by atoms with van der Waals surface area (Å²) in [5.74, 6) is 1.11. The van der Waals surface area contributed by atoms with Crippen LogP contribution in [0.2, 0.25) is 0 Å². The van der Waals surface area contributed by atoms with Crippen LogP contribution in [-0.4, -0.2) is 34.0 Å². The number of aliphatic hydroxyl groups is 1. The first-order chi connectivity index (χ1) is 8.95. The van der Waals surface area contributed by atoms with Crippen LogP contribution in [0.15, 0.2) is 9.72 Å². The number of nitrogens with one attached hydrogen (secondary N) is 1. The van der Waals surface area contributed by atoms with Gasteiger partial charge in [0.2, 0.25) is 0 Å². The van der Waals surface area contributed by atoms with Crippen LogP contribution in [0, 0.1) is 6.92 Å². The number of unbranched alkanes of at least 4 members (excludes halogenated alkanes) is 1. The van der Waals surface area contributed by atoms with Crippen molar-refractivity contribution in [3.8, 4) is 0 Å². The SMILES string of the molecule is Cc1csc(SCCCCC(C)(CO)NC(C)C)n1. The first-order valence-corrected chi connectivity index (χ1v) is 8.75. The fourth-order valence-corrected chi connectivity index (χ4v) is 3.99. The van der Waals surface area contributed by atoms with E-state index >= 15 is 0 Å². The predicted octanol–water partition coefficient (Wildman–Crippen LogP) is 3.46. The Labute approximate surface area is 125 Å². The van der Waals surface area contributed by atoms with Crippen LogP contribution in [-0.2, 0) is 0 Å². The van der Waals surface area contributed by atoms with Gasteiger partial charge in [0.05, 0.1) is 6.61 Å². The van der Waals surface area contributed by atoms with Gasteiger partial charge in [0.15, 0.2) is 0 Å². The minimum Gasteiger partial charge on any atom is -0.394 e.